The minimum atomic E-state index is -0.991. The Kier molecular flexibility index (Phi) is 4.35. The second-order valence-corrected chi connectivity index (χ2v) is 8.26. The lowest BCUT2D eigenvalue weighted by Crippen LogP contribution is -2.38. The van der Waals surface area contributed by atoms with E-state index in [9.17, 15) is 20.1 Å². The fourth-order valence-corrected chi connectivity index (χ4v) is 4.89. The summed E-state index contributed by atoms with van der Waals surface area (Å²) in [5.74, 6) is -0.629. The molecule has 0 aliphatic heterocycles. The van der Waals surface area contributed by atoms with Crippen molar-refractivity contribution < 1.29 is 20.1 Å². The standard InChI is InChI=1S/C20H28O4/c1-10-5-6-12-9-14(22)16-17(20(12,3)4)19(24)15(18(16)23)11(2)8-13(21)7-10/h8,12-15,18,21-23H,1,5-7,9H2,2-4H3/t12-,13+,14-,15+,18-/m1/s1. The number of carbonyl (C=O) groups is 1. The maximum Gasteiger partial charge on any atom is 0.169 e. The molecule has 3 N–H and O–H groups in total. The number of aliphatic hydroxyl groups is 3. The summed E-state index contributed by atoms with van der Waals surface area (Å²) >= 11 is 0. The van der Waals surface area contributed by atoms with Gasteiger partial charge in [0, 0.05) is 5.57 Å². The van der Waals surface area contributed by atoms with Crippen LogP contribution in [0, 0.1) is 17.3 Å². The second-order valence-electron chi connectivity index (χ2n) is 8.26. The van der Waals surface area contributed by atoms with E-state index in [0.29, 0.717) is 29.6 Å². The lowest BCUT2D eigenvalue weighted by molar-refractivity contribution is -0.120. The van der Waals surface area contributed by atoms with Crippen molar-refractivity contribution in [2.75, 3.05) is 0 Å². The first-order valence-corrected chi connectivity index (χ1v) is 8.82. The van der Waals surface area contributed by atoms with Crippen LogP contribution in [0.4, 0.5) is 0 Å². The second kappa shape index (κ2) is 5.94. The van der Waals surface area contributed by atoms with Gasteiger partial charge in [0.05, 0.1) is 24.2 Å². The van der Waals surface area contributed by atoms with E-state index in [-0.39, 0.29) is 17.1 Å². The Balaban J connectivity index is 2.14. The zero-order chi connectivity index (χ0) is 17.8. The molecule has 0 unspecified atom stereocenters. The molecule has 3 aliphatic rings. The summed E-state index contributed by atoms with van der Waals surface area (Å²) in [5, 5.41) is 31.6. The third-order valence-corrected chi connectivity index (χ3v) is 6.27. The van der Waals surface area contributed by atoms with Crippen LogP contribution in [0.1, 0.15) is 46.5 Å². The van der Waals surface area contributed by atoms with Gasteiger partial charge in [-0.15, -0.1) is 0 Å². The Bertz CT molecular complexity index is 640. The third-order valence-electron chi connectivity index (χ3n) is 6.27. The summed E-state index contributed by atoms with van der Waals surface area (Å²) in [6.07, 6.45) is 1.83. The zero-order valence-electron chi connectivity index (χ0n) is 14.7. The van der Waals surface area contributed by atoms with Crippen molar-refractivity contribution in [1.82, 2.24) is 0 Å². The molecule has 0 saturated carbocycles. The molecule has 0 aromatic carbocycles. The van der Waals surface area contributed by atoms with E-state index in [1.54, 1.807) is 13.0 Å². The van der Waals surface area contributed by atoms with Crippen molar-refractivity contribution >= 4 is 5.78 Å². The maximum atomic E-state index is 13.1. The van der Waals surface area contributed by atoms with E-state index in [1.807, 2.05) is 13.8 Å². The molecule has 3 aliphatic carbocycles. The number of Topliss-reactive ketones (excluding diaryl/α,β-unsaturated/α-hetero) is 1. The maximum absolute atomic E-state index is 13.1. The highest BCUT2D eigenvalue weighted by Crippen LogP contribution is 2.53. The fraction of sp³-hybridized carbons (Fsp3) is 0.650. The van der Waals surface area contributed by atoms with Crippen LogP contribution in [-0.2, 0) is 4.79 Å². The highest BCUT2D eigenvalue weighted by molar-refractivity contribution is 6.04. The quantitative estimate of drug-likeness (QED) is 0.595. The summed E-state index contributed by atoms with van der Waals surface area (Å²) in [4.78, 5) is 13.1. The molecule has 0 amide bonds. The number of rotatable bonds is 0. The molecule has 24 heavy (non-hydrogen) atoms. The van der Waals surface area contributed by atoms with Gasteiger partial charge in [0.25, 0.3) is 0 Å². The molecule has 0 aromatic rings. The molecule has 5 atom stereocenters. The van der Waals surface area contributed by atoms with Gasteiger partial charge < -0.3 is 15.3 Å². The van der Waals surface area contributed by atoms with Gasteiger partial charge in [-0.3, -0.25) is 4.79 Å². The first-order valence-electron chi connectivity index (χ1n) is 8.82. The molecule has 0 spiro atoms. The molecule has 0 radical (unpaired) electrons. The number of allylic oxidation sites excluding steroid dienone is 1. The number of hydrogen-bond acceptors (Lipinski definition) is 4. The van der Waals surface area contributed by atoms with E-state index in [4.69, 9.17) is 0 Å². The highest BCUT2D eigenvalue weighted by atomic mass is 16.3. The Morgan fingerprint density at radius 2 is 1.92 bits per heavy atom. The first kappa shape index (κ1) is 17.6. The summed E-state index contributed by atoms with van der Waals surface area (Å²) in [7, 11) is 0. The van der Waals surface area contributed by atoms with Crippen LogP contribution in [0.5, 0.6) is 0 Å². The smallest absolute Gasteiger partial charge is 0.169 e. The number of carbonyl (C=O) groups excluding carboxylic acids is 1. The fourth-order valence-electron chi connectivity index (χ4n) is 4.89. The predicted octanol–water partition coefficient (Wildman–Crippen LogP) is 2.30. The van der Waals surface area contributed by atoms with Crippen LogP contribution in [0.15, 0.2) is 34.9 Å². The number of aliphatic hydroxyl groups excluding tert-OH is 3. The SMILES string of the molecule is C=C1CC[C@@H]2C[C@@H](O)C3=C(C(=O)[C@@H](C(C)=C[C@@H](O)C1)[C@H]3O)C2(C)C. The van der Waals surface area contributed by atoms with Crippen LogP contribution >= 0.6 is 0 Å². The molecule has 3 bridgehead atoms. The van der Waals surface area contributed by atoms with Crippen molar-refractivity contribution in [1.29, 1.82) is 0 Å². The largest absolute Gasteiger partial charge is 0.389 e. The van der Waals surface area contributed by atoms with Crippen molar-refractivity contribution in [3.8, 4) is 0 Å². The summed E-state index contributed by atoms with van der Waals surface area (Å²) in [5.41, 5.74) is 2.39. The van der Waals surface area contributed by atoms with Gasteiger partial charge in [-0.2, -0.15) is 0 Å². The third kappa shape index (κ3) is 2.61. The molecule has 0 saturated heterocycles. The minimum absolute atomic E-state index is 0.0911. The number of hydrogen-bond donors (Lipinski definition) is 3. The molecule has 4 nitrogen and oxygen atoms in total. The molecule has 4 heteroatoms. The van der Waals surface area contributed by atoms with Gasteiger partial charge in [0.15, 0.2) is 5.78 Å². The zero-order valence-corrected chi connectivity index (χ0v) is 14.7. The van der Waals surface area contributed by atoms with Crippen LogP contribution in [0.25, 0.3) is 0 Å². The van der Waals surface area contributed by atoms with Gasteiger partial charge in [0.2, 0.25) is 0 Å². The van der Waals surface area contributed by atoms with Crippen LogP contribution in [0.2, 0.25) is 0 Å². The summed E-state index contributed by atoms with van der Waals surface area (Å²) in [6, 6.07) is 0. The van der Waals surface area contributed by atoms with Gasteiger partial charge in [-0.05, 0) is 49.5 Å². The van der Waals surface area contributed by atoms with E-state index >= 15 is 0 Å². The van der Waals surface area contributed by atoms with Crippen molar-refractivity contribution in [3.05, 3.63) is 34.9 Å². The van der Waals surface area contributed by atoms with Gasteiger partial charge in [-0.1, -0.05) is 37.6 Å². The molecular formula is C20H28O4. The number of ketones is 1. The monoisotopic (exact) mass is 332 g/mol. The Morgan fingerprint density at radius 3 is 2.58 bits per heavy atom. The molecule has 0 aromatic heterocycles. The van der Waals surface area contributed by atoms with Crippen LogP contribution in [-0.4, -0.2) is 39.4 Å². The summed E-state index contributed by atoms with van der Waals surface area (Å²) < 4.78 is 0. The lowest BCUT2D eigenvalue weighted by atomic mass is 9.63. The van der Waals surface area contributed by atoms with Crippen molar-refractivity contribution in [2.45, 2.75) is 64.8 Å². The van der Waals surface area contributed by atoms with E-state index in [0.717, 1.165) is 18.4 Å². The Morgan fingerprint density at radius 1 is 1.25 bits per heavy atom. The van der Waals surface area contributed by atoms with E-state index in [1.165, 1.54) is 0 Å². The summed E-state index contributed by atoms with van der Waals surface area (Å²) in [6.45, 7) is 9.95. The Labute approximate surface area is 143 Å². The van der Waals surface area contributed by atoms with Crippen molar-refractivity contribution in [2.24, 2.45) is 17.3 Å². The highest BCUT2D eigenvalue weighted by Gasteiger charge is 2.54. The average Bonchev–Trinajstić information content (AvgIpc) is 2.73. The molecule has 132 valence electrons. The number of fused-ring (bicyclic) bond motifs is 2. The predicted molar refractivity (Wildman–Crippen MR) is 92.2 cm³/mol. The minimum Gasteiger partial charge on any atom is -0.389 e. The van der Waals surface area contributed by atoms with Crippen LogP contribution < -0.4 is 0 Å². The van der Waals surface area contributed by atoms with E-state index < -0.39 is 24.2 Å². The topological polar surface area (TPSA) is 77.8 Å². The van der Waals surface area contributed by atoms with E-state index in [2.05, 4.69) is 6.58 Å². The van der Waals surface area contributed by atoms with Gasteiger partial charge in [0.1, 0.15) is 0 Å². The molecule has 0 fully saturated rings. The Hall–Kier alpha value is -1.23. The average molecular weight is 332 g/mol. The van der Waals surface area contributed by atoms with Crippen molar-refractivity contribution in [3.63, 3.8) is 0 Å². The van der Waals surface area contributed by atoms with Gasteiger partial charge >= 0.3 is 0 Å². The molecular weight excluding hydrogens is 304 g/mol. The normalized spacial score (nSPS) is 39.6. The lowest BCUT2D eigenvalue weighted by Gasteiger charge is -2.42. The first-order chi connectivity index (χ1) is 11.1. The molecule has 3 rings (SSSR count). The molecule has 0 heterocycles. The van der Waals surface area contributed by atoms with Gasteiger partial charge in [-0.25, -0.2) is 0 Å². The van der Waals surface area contributed by atoms with Crippen LogP contribution in [0.3, 0.4) is 0 Å².